The maximum atomic E-state index is 12.0. The summed E-state index contributed by atoms with van der Waals surface area (Å²) >= 11 is 0. The first-order valence-corrected chi connectivity index (χ1v) is 6.41. The molecule has 18 heavy (non-hydrogen) atoms. The molecule has 1 saturated heterocycles. The van der Waals surface area contributed by atoms with E-state index in [4.69, 9.17) is 4.74 Å². The van der Waals surface area contributed by atoms with E-state index in [-0.39, 0.29) is 12.1 Å². The van der Waals surface area contributed by atoms with E-state index in [9.17, 15) is 4.79 Å². The van der Waals surface area contributed by atoms with E-state index in [2.05, 4.69) is 6.08 Å². The van der Waals surface area contributed by atoms with Crippen LogP contribution in [0.1, 0.15) is 25.3 Å². The Morgan fingerprint density at radius 3 is 2.94 bits per heavy atom. The largest absolute Gasteiger partial charge is 0.445 e. The maximum absolute atomic E-state index is 12.0. The summed E-state index contributed by atoms with van der Waals surface area (Å²) in [4.78, 5) is 13.8. The molecule has 0 bridgehead atoms. The van der Waals surface area contributed by atoms with E-state index < -0.39 is 0 Å². The number of nitrogens with zero attached hydrogens (tertiary/aromatic N) is 1. The molecule has 1 amide bonds. The average molecular weight is 245 g/mol. The van der Waals surface area contributed by atoms with Crippen molar-refractivity contribution in [1.82, 2.24) is 4.90 Å². The van der Waals surface area contributed by atoms with Crippen molar-refractivity contribution in [3.8, 4) is 0 Å². The van der Waals surface area contributed by atoms with Crippen LogP contribution in [-0.2, 0) is 11.3 Å². The van der Waals surface area contributed by atoms with Gasteiger partial charge in [0.15, 0.2) is 0 Å². The van der Waals surface area contributed by atoms with Crippen molar-refractivity contribution in [1.29, 1.82) is 0 Å². The van der Waals surface area contributed by atoms with Crippen molar-refractivity contribution in [2.45, 2.75) is 32.4 Å². The van der Waals surface area contributed by atoms with E-state index in [1.54, 1.807) is 0 Å². The lowest BCUT2D eigenvalue weighted by Gasteiger charge is -2.21. The zero-order valence-electron chi connectivity index (χ0n) is 10.7. The minimum absolute atomic E-state index is 0.207. The van der Waals surface area contributed by atoms with Gasteiger partial charge in [-0.05, 0) is 25.3 Å². The van der Waals surface area contributed by atoms with Crippen LogP contribution in [0.15, 0.2) is 42.5 Å². The number of benzene rings is 1. The van der Waals surface area contributed by atoms with Gasteiger partial charge in [-0.2, -0.15) is 0 Å². The summed E-state index contributed by atoms with van der Waals surface area (Å²) in [6, 6.07) is 9.97. The van der Waals surface area contributed by atoms with Crippen LogP contribution in [0.5, 0.6) is 0 Å². The highest BCUT2D eigenvalue weighted by molar-refractivity contribution is 5.68. The predicted molar refractivity (Wildman–Crippen MR) is 71.2 cm³/mol. The third kappa shape index (κ3) is 3.13. The van der Waals surface area contributed by atoms with Crippen molar-refractivity contribution in [2.24, 2.45) is 0 Å². The first-order valence-electron chi connectivity index (χ1n) is 6.41. The zero-order valence-corrected chi connectivity index (χ0v) is 10.7. The average Bonchev–Trinajstić information content (AvgIpc) is 2.86. The quantitative estimate of drug-likeness (QED) is 0.764. The number of amides is 1. The SMILES string of the molecule is C/C=C/C1CCCN1C(=O)OCc1ccccc1. The van der Waals surface area contributed by atoms with Gasteiger partial charge in [-0.25, -0.2) is 4.79 Å². The fourth-order valence-corrected chi connectivity index (χ4v) is 2.24. The molecule has 0 saturated carbocycles. The van der Waals surface area contributed by atoms with Crippen LogP contribution in [0.25, 0.3) is 0 Å². The lowest BCUT2D eigenvalue weighted by atomic mass is 10.2. The number of hydrogen-bond donors (Lipinski definition) is 0. The molecule has 0 radical (unpaired) electrons. The highest BCUT2D eigenvalue weighted by atomic mass is 16.6. The third-order valence-electron chi connectivity index (χ3n) is 3.15. The second kappa shape index (κ2) is 6.24. The highest BCUT2D eigenvalue weighted by Crippen LogP contribution is 2.19. The molecule has 0 aromatic heterocycles. The van der Waals surface area contributed by atoms with Crippen molar-refractivity contribution in [3.05, 3.63) is 48.0 Å². The lowest BCUT2D eigenvalue weighted by molar-refractivity contribution is 0.0975. The Labute approximate surface area is 108 Å². The van der Waals surface area contributed by atoms with Crippen molar-refractivity contribution in [3.63, 3.8) is 0 Å². The Morgan fingerprint density at radius 2 is 2.22 bits per heavy atom. The van der Waals surface area contributed by atoms with E-state index in [1.807, 2.05) is 48.2 Å². The summed E-state index contributed by atoms with van der Waals surface area (Å²) in [5.41, 5.74) is 1.02. The smallest absolute Gasteiger partial charge is 0.410 e. The van der Waals surface area contributed by atoms with Gasteiger partial charge < -0.3 is 9.64 Å². The summed E-state index contributed by atoms with van der Waals surface area (Å²) in [6.45, 7) is 3.12. The number of rotatable bonds is 3. The second-order valence-electron chi connectivity index (χ2n) is 4.47. The van der Waals surface area contributed by atoms with Crippen LogP contribution in [-0.4, -0.2) is 23.6 Å². The van der Waals surface area contributed by atoms with E-state index in [0.717, 1.165) is 24.9 Å². The summed E-state index contributed by atoms with van der Waals surface area (Å²) in [5, 5.41) is 0. The summed E-state index contributed by atoms with van der Waals surface area (Å²) < 4.78 is 5.34. The van der Waals surface area contributed by atoms with Crippen LogP contribution in [0, 0.1) is 0 Å². The Kier molecular flexibility index (Phi) is 4.40. The van der Waals surface area contributed by atoms with Gasteiger partial charge in [0.05, 0.1) is 6.04 Å². The Morgan fingerprint density at radius 1 is 1.44 bits per heavy atom. The maximum Gasteiger partial charge on any atom is 0.410 e. The molecule has 1 heterocycles. The van der Waals surface area contributed by atoms with E-state index in [0.29, 0.717) is 6.61 Å². The molecule has 2 rings (SSSR count). The van der Waals surface area contributed by atoms with Crippen molar-refractivity contribution < 1.29 is 9.53 Å². The number of carbonyl (C=O) groups excluding carboxylic acids is 1. The van der Waals surface area contributed by atoms with Gasteiger partial charge in [-0.3, -0.25) is 0 Å². The first-order chi connectivity index (χ1) is 8.81. The molecule has 0 N–H and O–H groups in total. The molecule has 3 nitrogen and oxygen atoms in total. The molecule has 1 aliphatic heterocycles. The van der Waals surface area contributed by atoms with Crippen molar-refractivity contribution >= 4 is 6.09 Å². The number of carbonyl (C=O) groups is 1. The molecule has 1 unspecified atom stereocenters. The van der Waals surface area contributed by atoms with Crippen LogP contribution < -0.4 is 0 Å². The van der Waals surface area contributed by atoms with Crippen LogP contribution >= 0.6 is 0 Å². The fraction of sp³-hybridized carbons (Fsp3) is 0.400. The lowest BCUT2D eigenvalue weighted by Crippen LogP contribution is -2.34. The van der Waals surface area contributed by atoms with Crippen LogP contribution in [0.2, 0.25) is 0 Å². The molecule has 0 aliphatic carbocycles. The van der Waals surface area contributed by atoms with Gasteiger partial charge >= 0.3 is 6.09 Å². The van der Waals surface area contributed by atoms with Crippen molar-refractivity contribution in [2.75, 3.05) is 6.54 Å². The third-order valence-corrected chi connectivity index (χ3v) is 3.15. The molecule has 0 spiro atoms. The van der Waals surface area contributed by atoms with E-state index in [1.165, 1.54) is 0 Å². The molecule has 3 heteroatoms. The highest BCUT2D eigenvalue weighted by Gasteiger charge is 2.27. The topological polar surface area (TPSA) is 29.5 Å². The Hall–Kier alpha value is -1.77. The molecular weight excluding hydrogens is 226 g/mol. The number of allylic oxidation sites excluding steroid dienone is 1. The standard InChI is InChI=1S/C15H19NO2/c1-2-7-14-10-6-11-16(14)15(17)18-12-13-8-4-3-5-9-13/h2-5,7-9,14H,6,10-12H2,1H3/b7-2+. The first kappa shape index (κ1) is 12.7. The molecular formula is C15H19NO2. The minimum Gasteiger partial charge on any atom is -0.445 e. The van der Waals surface area contributed by atoms with Gasteiger partial charge in [-0.15, -0.1) is 0 Å². The molecule has 96 valence electrons. The van der Waals surface area contributed by atoms with Gasteiger partial charge in [0, 0.05) is 6.54 Å². The van der Waals surface area contributed by atoms with Gasteiger partial charge in [0.2, 0.25) is 0 Å². The molecule has 1 fully saturated rings. The molecule has 1 aliphatic rings. The van der Waals surface area contributed by atoms with Gasteiger partial charge in [-0.1, -0.05) is 42.5 Å². The van der Waals surface area contributed by atoms with E-state index >= 15 is 0 Å². The summed E-state index contributed by atoms with van der Waals surface area (Å²) in [5.74, 6) is 0. The molecule has 1 aromatic rings. The molecule has 1 aromatic carbocycles. The zero-order chi connectivity index (χ0) is 12.8. The number of hydrogen-bond acceptors (Lipinski definition) is 2. The molecule has 1 atom stereocenters. The van der Waals surface area contributed by atoms with Crippen LogP contribution in [0.4, 0.5) is 4.79 Å². The summed E-state index contributed by atoms with van der Waals surface area (Å²) in [6.07, 6.45) is 5.93. The normalized spacial score (nSPS) is 19.4. The summed E-state index contributed by atoms with van der Waals surface area (Å²) in [7, 11) is 0. The van der Waals surface area contributed by atoms with Gasteiger partial charge in [0.1, 0.15) is 6.61 Å². The van der Waals surface area contributed by atoms with Gasteiger partial charge in [0.25, 0.3) is 0 Å². The Bertz CT molecular complexity index is 414. The fourth-order valence-electron chi connectivity index (χ4n) is 2.24. The number of ether oxygens (including phenoxy) is 1. The monoisotopic (exact) mass is 245 g/mol. The second-order valence-corrected chi connectivity index (χ2v) is 4.47. The predicted octanol–water partition coefficient (Wildman–Crippen LogP) is 3.36. The Balaban J connectivity index is 1.88. The minimum atomic E-state index is -0.209. The van der Waals surface area contributed by atoms with Crippen LogP contribution in [0.3, 0.4) is 0 Å². The number of likely N-dealkylation sites (tertiary alicyclic amines) is 1.